The van der Waals surface area contributed by atoms with Gasteiger partial charge in [0.15, 0.2) is 11.5 Å². The van der Waals surface area contributed by atoms with Crippen LogP contribution in [0.3, 0.4) is 0 Å². The molecular weight excluding hydrogens is 318 g/mol. The summed E-state index contributed by atoms with van der Waals surface area (Å²) in [5.74, 6) is 2.95. The van der Waals surface area contributed by atoms with E-state index in [9.17, 15) is 0 Å². The Balaban J connectivity index is 1.92. The van der Waals surface area contributed by atoms with Crippen LogP contribution in [0.1, 0.15) is 11.1 Å². The van der Waals surface area contributed by atoms with Gasteiger partial charge in [-0.3, -0.25) is 9.55 Å². The zero-order valence-electron chi connectivity index (χ0n) is 14.4. The number of aromatic nitrogens is 3. The van der Waals surface area contributed by atoms with Crippen LogP contribution in [0, 0.1) is 13.8 Å². The van der Waals surface area contributed by atoms with Crippen molar-refractivity contribution in [2.45, 2.75) is 13.8 Å². The van der Waals surface area contributed by atoms with Crippen molar-refractivity contribution in [1.29, 1.82) is 0 Å². The van der Waals surface area contributed by atoms with Gasteiger partial charge in [0, 0.05) is 24.0 Å². The van der Waals surface area contributed by atoms with E-state index < -0.39 is 0 Å². The number of nitrogens with zero attached hydrogens (tertiary/aromatic N) is 3. The molecule has 25 heavy (non-hydrogen) atoms. The molecule has 128 valence electrons. The van der Waals surface area contributed by atoms with Gasteiger partial charge in [-0.1, -0.05) is 0 Å². The summed E-state index contributed by atoms with van der Waals surface area (Å²) in [7, 11) is 1.64. The average molecular weight is 337 g/mol. The lowest BCUT2D eigenvalue weighted by atomic mass is 10.1. The van der Waals surface area contributed by atoms with Gasteiger partial charge in [-0.15, -0.1) is 0 Å². The highest BCUT2D eigenvalue weighted by Gasteiger charge is 2.20. The number of benzene rings is 1. The van der Waals surface area contributed by atoms with Gasteiger partial charge in [0.1, 0.15) is 19.0 Å². The van der Waals surface area contributed by atoms with E-state index in [2.05, 4.69) is 9.97 Å². The number of imidazole rings is 1. The smallest absolute Gasteiger partial charge is 0.218 e. The van der Waals surface area contributed by atoms with Crippen LogP contribution < -0.4 is 14.2 Å². The van der Waals surface area contributed by atoms with Crippen molar-refractivity contribution >= 4 is 0 Å². The maximum absolute atomic E-state index is 5.72. The van der Waals surface area contributed by atoms with Gasteiger partial charge in [-0.05, 0) is 37.1 Å². The minimum atomic E-state index is 0.549. The first-order valence-corrected chi connectivity index (χ1v) is 8.12. The molecule has 0 unspecified atom stereocenters. The molecule has 0 radical (unpaired) electrons. The predicted octanol–water partition coefficient (Wildman–Crippen LogP) is 3.33. The fourth-order valence-electron chi connectivity index (χ4n) is 3.13. The lowest BCUT2D eigenvalue weighted by molar-refractivity contribution is 0.171. The zero-order chi connectivity index (χ0) is 17.4. The van der Waals surface area contributed by atoms with Gasteiger partial charge < -0.3 is 14.2 Å². The highest BCUT2D eigenvalue weighted by Crippen LogP contribution is 2.36. The lowest BCUT2D eigenvalue weighted by Crippen LogP contribution is -2.15. The Hall–Kier alpha value is -3.02. The Bertz CT molecular complexity index is 913. The lowest BCUT2D eigenvalue weighted by Gasteiger charge is -2.20. The molecule has 0 amide bonds. The minimum Gasteiger partial charge on any atom is -0.486 e. The standard InChI is InChI=1S/C19H19N3O3/c1-12-9-20-10-13(2)18(12)19-21-11-17(23-3)22(19)14-4-5-15-16(8-14)25-7-6-24-15/h4-5,8-11H,6-7H2,1-3H3. The summed E-state index contributed by atoms with van der Waals surface area (Å²) in [6.07, 6.45) is 5.42. The molecule has 3 heterocycles. The SMILES string of the molecule is COc1cnc(-c2c(C)cncc2C)n1-c1ccc2c(c1)OCCO2. The summed E-state index contributed by atoms with van der Waals surface area (Å²) < 4.78 is 18.9. The van der Waals surface area contributed by atoms with Crippen LogP contribution in [0.5, 0.6) is 17.4 Å². The molecule has 2 aromatic heterocycles. The second-order valence-corrected chi connectivity index (χ2v) is 5.94. The Kier molecular flexibility index (Phi) is 3.80. The third-order valence-electron chi connectivity index (χ3n) is 4.27. The van der Waals surface area contributed by atoms with Crippen LogP contribution in [-0.2, 0) is 0 Å². The molecule has 1 aromatic carbocycles. The van der Waals surface area contributed by atoms with E-state index in [0.29, 0.717) is 19.1 Å². The maximum Gasteiger partial charge on any atom is 0.218 e. The number of methoxy groups -OCH3 is 1. The number of aryl methyl sites for hydroxylation is 2. The molecular formula is C19H19N3O3. The van der Waals surface area contributed by atoms with E-state index in [0.717, 1.165) is 39.7 Å². The summed E-state index contributed by atoms with van der Waals surface area (Å²) in [5, 5.41) is 0. The van der Waals surface area contributed by atoms with Crippen molar-refractivity contribution < 1.29 is 14.2 Å². The number of ether oxygens (including phenoxy) is 3. The molecule has 0 saturated heterocycles. The molecule has 1 aliphatic rings. The van der Waals surface area contributed by atoms with Crippen molar-refractivity contribution in [3.05, 3.63) is 47.9 Å². The van der Waals surface area contributed by atoms with Crippen LogP contribution >= 0.6 is 0 Å². The summed E-state index contributed by atoms with van der Waals surface area (Å²) in [4.78, 5) is 8.86. The number of hydrogen-bond acceptors (Lipinski definition) is 5. The minimum absolute atomic E-state index is 0.549. The zero-order valence-corrected chi connectivity index (χ0v) is 14.4. The average Bonchev–Trinajstić information content (AvgIpc) is 3.05. The predicted molar refractivity (Wildman–Crippen MR) is 93.8 cm³/mol. The Labute approximate surface area is 146 Å². The first kappa shape index (κ1) is 15.5. The highest BCUT2D eigenvalue weighted by atomic mass is 16.6. The first-order valence-electron chi connectivity index (χ1n) is 8.12. The van der Waals surface area contributed by atoms with E-state index in [1.807, 2.05) is 49.0 Å². The van der Waals surface area contributed by atoms with Crippen LogP contribution in [0.2, 0.25) is 0 Å². The largest absolute Gasteiger partial charge is 0.486 e. The molecule has 0 fully saturated rings. The van der Waals surface area contributed by atoms with E-state index in [1.165, 1.54) is 0 Å². The summed E-state index contributed by atoms with van der Waals surface area (Å²) >= 11 is 0. The normalized spacial score (nSPS) is 12.9. The third kappa shape index (κ3) is 2.59. The molecule has 0 atom stereocenters. The van der Waals surface area contributed by atoms with Gasteiger partial charge >= 0.3 is 0 Å². The van der Waals surface area contributed by atoms with Crippen molar-refractivity contribution in [3.8, 4) is 34.5 Å². The van der Waals surface area contributed by atoms with E-state index >= 15 is 0 Å². The van der Waals surface area contributed by atoms with Crippen LogP contribution in [0.25, 0.3) is 17.1 Å². The molecule has 0 saturated carbocycles. The molecule has 6 heteroatoms. The third-order valence-corrected chi connectivity index (χ3v) is 4.27. The van der Waals surface area contributed by atoms with Gasteiger partial charge in [0.25, 0.3) is 0 Å². The molecule has 4 rings (SSSR count). The summed E-state index contributed by atoms with van der Waals surface area (Å²) in [6, 6.07) is 5.85. The van der Waals surface area contributed by atoms with E-state index in [-0.39, 0.29) is 0 Å². The molecule has 1 aliphatic heterocycles. The maximum atomic E-state index is 5.72. The Morgan fingerprint density at radius 3 is 2.44 bits per heavy atom. The van der Waals surface area contributed by atoms with E-state index in [1.54, 1.807) is 13.3 Å². The summed E-state index contributed by atoms with van der Waals surface area (Å²) in [6.45, 7) is 5.18. The van der Waals surface area contributed by atoms with Crippen LogP contribution in [0.15, 0.2) is 36.8 Å². The van der Waals surface area contributed by atoms with Crippen molar-refractivity contribution in [3.63, 3.8) is 0 Å². The fraction of sp³-hybridized carbons (Fsp3) is 0.263. The topological polar surface area (TPSA) is 58.4 Å². The number of hydrogen-bond donors (Lipinski definition) is 0. The van der Waals surface area contributed by atoms with Gasteiger partial charge in [-0.25, -0.2) is 4.98 Å². The monoisotopic (exact) mass is 337 g/mol. The quantitative estimate of drug-likeness (QED) is 0.734. The molecule has 0 N–H and O–H groups in total. The van der Waals surface area contributed by atoms with Gasteiger partial charge in [0.05, 0.1) is 19.0 Å². The molecule has 0 bridgehead atoms. The van der Waals surface area contributed by atoms with Crippen molar-refractivity contribution in [1.82, 2.24) is 14.5 Å². The van der Waals surface area contributed by atoms with Gasteiger partial charge in [0.2, 0.25) is 5.88 Å². The van der Waals surface area contributed by atoms with Crippen LogP contribution in [-0.4, -0.2) is 34.9 Å². The Morgan fingerprint density at radius 2 is 1.72 bits per heavy atom. The molecule has 6 nitrogen and oxygen atoms in total. The fourth-order valence-corrected chi connectivity index (χ4v) is 3.13. The van der Waals surface area contributed by atoms with Gasteiger partial charge in [-0.2, -0.15) is 0 Å². The Morgan fingerprint density at radius 1 is 1.00 bits per heavy atom. The molecule has 3 aromatic rings. The molecule has 0 aliphatic carbocycles. The van der Waals surface area contributed by atoms with Crippen LogP contribution in [0.4, 0.5) is 0 Å². The number of rotatable bonds is 3. The van der Waals surface area contributed by atoms with Crippen molar-refractivity contribution in [2.75, 3.05) is 20.3 Å². The first-order chi connectivity index (χ1) is 12.2. The van der Waals surface area contributed by atoms with E-state index in [4.69, 9.17) is 14.2 Å². The summed E-state index contributed by atoms with van der Waals surface area (Å²) in [5.41, 5.74) is 4.08. The van der Waals surface area contributed by atoms with Crippen molar-refractivity contribution in [2.24, 2.45) is 0 Å². The molecule has 0 spiro atoms. The second-order valence-electron chi connectivity index (χ2n) is 5.94. The number of pyridine rings is 1. The number of fused-ring (bicyclic) bond motifs is 1. The highest BCUT2D eigenvalue weighted by molar-refractivity contribution is 5.68. The second kappa shape index (κ2) is 6.12.